The summed E-state index contributed by atoms with van der Waals surface area (Å²) in [6.07, 6.45) is -1.30. The second-order valence-corrected chi connectivity index (χ2v) is 4.01. The van der Waals surface area contributed by atoms with Crippen LogP contribution in [0, 0.1) is 0 Å². The van der Waals surface area contributed by atoms with E-state index in [0.717, 1.165) is 12.1 Å². The predicted octanol–water partition coefficient (Wildman–Crippen LogP) is 3.12. The minimum Gasteiger partial charge on any atom is -0.324 e. The SMILES string of the molecule is FC(F)(F)c1ccc2[nH]c(Nc3ncccn3)nc2c1. The highest BCUT2D eigenvalue weighted by Gasteiger charge is 2.30. The number of anilines is 2. The fourth-order valence-electron chi connectivity index (χ4n) is 1.71. The quantitative estimate of drug-likeness (QED) is 0.756. The molecule has 2 aromatic heterocycles. The van der Waals surface area contributed by atoms with E-state index in [1.165, 1.54) is 6.07 Å². The second kappa shape index (κ2) is 4.48. The molecule has 102 valence electrons. The number of hydrogen-bond acceptors (Lipinski definition) is 4. The van der Waals surface area contributed by atoms with E-state index in [4.69, 9.17) is 0 Å². The smallest absolute Gasteiger partial charge is 0.324 e. The number of nitrogens with zero attached hydrogens (tertiary/aromatic N) is 3. The van der Waals surface area contributed by atoms with E-state index in [0.29, 0.717) is 11.5 Å². The van der Waals surface area contributed by atoms with Crippen LogP contribution in [-0.2, 0) is 6.18 Å². The topological polar surface area (TPSA) is 66.5 Å². The molecule has 0 aliphatic rings. The molecule has 0 amide bonds. The van der Waals surface area contributed by atoms with Crippen molar-refractivity contribution in [3.05, 3.63) is 42.2 Å². The Balaban J connectivity index is 1.95. The van der Waals surface area contributed by atoms with Gasteiger partial charge in [-0.05, 0) is 24.3 Å². The van der Waals surface area contributed by atoms with Crippen molar-refractivity contribution in [3.63, 3.8) is 0 Å². The molecule has 5 nitrogen and oxygen atoms in total. The third kappa shape index (κ3) is 2.40. The Hall–Kier alpha value is -2.64. The van der Waals surface area contributed by atoms with E-state index < -0.39 is 11.7 Å². The number of benzene rings is 1. The van der Waals surface area contributed by atoms with E-state index in [9.17, 15) is 13.2 Å². The molecule has 8 heteroatoms. The summed E-state index contributed by atoms with van der Waals surface area (Å²) in [6.45, 7) is 0. The molecule has 0 saturated heterocycles. The molecule has 3 rings (SSSR count). The van der Waals surface area contributed by atoms with Crippen molar-refractivity contribution in [1.29, 1.82) is 0 Å². The number of fused-ring (bicyclic) bond motifs is 1. The average Bonchev–Trinajstić information content (AvgIpc) is 2.80. The molecule has 3 aromatic rings. The number of hydrogen-bond donors (Lipinski definition) is 2. The first-order chi connectivity index (χ1) is 9.52. The summed E-state index contributed by atoms with van der Waals surface area (Å²) in [5.41, 5.74) is -0.0197. The minimum absolute atomic E-state index is 0.221. The van der Waals surface area contributed by atoms with Gasteiger partial charge in [0.2, 0.25) is 11.9 Å². The first kappa shape index (κ1) is 12.4. The number of aromatic amines is 1. The van der Waals surface area contributed by atoms with Gasteiger partial charge in [0.05, 0.1) is 16.6 Å². The fourth-order valence-corrected chi connectivity index (χ4v) is 1.71. The zero-order valence-electron chi connectivity index (χ0n) is 9.94. The number of H-pyrrole nitrogens is 1. The average molecular weight is 279 g/mol. The molecule has 0 bridgehead atoms. The van der Waals surface area contributed by atoms with Crippen molar-refractivity contribution in [2.45, 2.75) is 6.18 Å². The maximum atomic E-state index is 12.6. The first-order valence-electron chi connectivity index (χ1n) is 5.63. The van der Waals surface area contributed by atoms with Crippen LogP contribution in [0.5, 0.6) is 0 Å². The Morgan fingerprint density at radius 2 is 1.85 bits per heavy atom. The Labute approximate surface area is 110 Å². The lowest BCUT2D eigenvalue weighted by Gasteiger charge is -2.04. The number of nitrogens with one attached hydrogen (secondary N) is 2. The van der Waals surface area contributed by atoms with Gasteiger partial charge < -0.3 is 4.98 Å². The molecular weight excluding hydrogens is 271 g/mol. The summed E-state index contributed by atoms with van der Waals surface area (Å²) in [5.74, 6) is 0.591. The normalized spacial score (nSPS) is 11.8. The highest BCUT2D eigenvalue weighted by atomic mass is 19.4. The molecule has 0 aliphatic carbocycles. The number of rotatable bonds is 2. The van der Waals surface area contributed by atoms with Crippen LogP contribution in [-0.4, -0.2) is 19.9 Å². The largest absolute Gasteiger partial charge is 0.416 e. The summed E-state index contributed by atoms with van der Waals surface area (Å²) >= 11 is 0. The van der Waals surface area contributed by atoms with E-state index >= 15 is 0 Å². The molecule has 20 heavy (non-hydrogen) atoms. The van der Waals surface area contributed by atoms with Gasteiger partial charge in [-0.25, -0.2) is 15.0 Å². The monoisotopic (exact) mass is 279 g/mol. The van der Waals surface area contributed by atoms with Crippen molar-refractivity contribution in [3.8, 4) is 0 Å². The second-order valence-electron chi connectivity index (χ2n) is 4.01. The Bertz CT molecular complexity index is 736. The maximum absolute atomic E-state index is 12.6. The van der Waals surface area contributed by atoms with Crippen LogP contribution in [0.15, 0.2) is 36.7 Å². The van der Waals surface area contributed by atoms with Gasteiger partial charge in [0.1, 0.15) is 0 Å². The number of aromatic nitrogens is 4. The van der Waals surface area contributed by atoms with E-state index in [1.54, 1.807) is 18.5 Å². The summed E-state index contributed by atoms with van der Waals surface area (Å²) in [5, 5.41) is 2.78. The summed E-state index contributed by atoms with van der Waals surface area (Å²) in [7, 11) is 0. The molecule has 1 aromatic carbocycles. The van der Waals surface area contributed by atoms with Gasteiger partial charge in [-0.1, -0.05) is 0 Å². The summed E-state index contributed by atoms with van der Waals surface area (Å²) < 4.78 is 37.8. The molecule has 0 spiro atoms. The third-order valence-electron chi connectivity index (χ3n) is 2.61. The lowest BCUT2D eigenvalue weighted by molar-refractivity contribution is -0.137. The van der Waals surface area contributed by atoms with Crippen LogP contribution in [0.25, 0.3) is 11.0 Å². The molecule has 2 N–H and O–H groups in total. The molecule has 0 unspecified atom stereocenters. The van der Waals surface area contributed by atoms with E-state index in [-0.39, 0.29) is 11.5 Å². The lowest BCUT2D eigenvalue weighted by Crippen LogP contribution is -2.04. The lowest BCUT2D eigenvalue weighted by atomic mass is 10.2. The third-order valence-corrected chi connectivity index (χ3v) is 2.61. The Kier molecular flexibility index (Phi) is 2.78. The highest BCUT2D eigenvalue weighted by Crippen LogP contribution is 2.31. The molecule has 0 fully saturated rings. The van der Waals surface area contributed by atoms with Crippen LogP contribution in [0.2, 0.25) is 0 Å². The van der Waals surface area contributed by atoms with Gasteiger partial charge >= 0.3 is 6.18 Å². The van der Waals surface area contributed by atoms with E-state index in [1.807, 2.05) is 0 Å². The molecular formula is C12H8F3N5. The van der Waals surface area contributed by atoms with Crippen LogP contribution < -0.4 is 5.32 Å². The van der Waals surface area contributed by atoms with Crippen LogP contribution in [0.4, 0.5) is 25.1 Å². The van der Waals surface area contributed by atoms with Gasteiger partial charge in [-0.2, -0.15) is 13.2 Å². The zero-order valence-corrected chi connectivity index (χ0v) is 9.94. The molecule has 0 aliphatic heterocycles. The van der Waals surface area contributed by atoms with Crippen LogP contribution >= 0.6 is 0 Å². The summed E-state index contributed by atoms with van der Waals surface area (Å²) in [6, 6.07) is 4.98. The van der Waals surface area contributed by atoms with Crippen molar-refractivity contribution < 1.29 is 13.2 Å². The minimum atomic E-state index is -4.39. The fraction of sp³-hybridized carbons (Fsp3) is 0.0833. The maximum Gasteiger partial charge on any atom is 0.416 e. The molecule has 0 atom stereocenters. The van der Waals surface area contributed by atoms with Gasteiger partial charge in [-0.3, -0.25) is 5.32 Å². The predicted molar refractivity (Wildman–Crippen MR) is 66.4 cm³/mol. The Morgan fingerprint density at radius 1 is 1.10 bits per heavy atom. The van der Waals surface area contributed by atoms with Crippen molar-refractivity contribution >= 4 is 22.9 Å². The standard InChI is InChI=1S/C12H8F3N5/c13-12(14,15)7-2-3-8-9(6-7)19-11(18-8)20-10-16-4-1-5-17-10/h1-6H,(H2,16,17,18,19,20). The highest BCUT2D eigenvalue weighted by molar-refractivity contribution is 5.78. The molecule has 0 radical (unpaired) electrons. The van der Waals surface area contributed by atoms with Crippen LogP contribution in [0.3, 0.4) is 0 Å². The van der Waals surface area contributed by atoms with Gasteiger partial charge in [-0.15, -0.1) is 0 Å². The summed E-state index contributed by atoms with van der Waals surface area (Å²) in [4.78, 5) is 14.8. The van der Waals surface area contributed by atoms with Gasteiger partial charge in [0, 0.05) is 12.4 Å². The van der Waals surface area contributed by atoms with Gasteiger partial charge in [0.25, 0.3) is 0 Å². The number of imidazole rings is 1. The first-order valence-corrected chi connectivity index (χ1v) is 5.63. The van der Waals surface area contributed by atoms with E-state index in [2.05, 4.69) is 25.3 Å². The molecule has 2 heterocycles. The van der Waals surface area contributed by atoms with Crippen molar-refractivity contribution in [1.82, 2.24) is 19.9 Å². The van der Waals surface area contributed by atoms with Gasteiger partial charge in [0.15, 0.2) is 0 Å². The van der Waals surface area contributed by atoms with Crippen molar-refractivity contribution in [2.24, 2.45) is 0 Å². The zero-order chi connectivity index (χ0) is 14.2. The van der Waals surface area contributed by atoms with Crippen LogP contribution in [0.1, 0.15) is 5.56 Å². The number of alkyl halides is 3. The number of halogens is 3. The molecule has 0 saturated carbocycles. The van der Waals surface area contributed by atoms with Crippen molar-refractivity contribution in [2.75, 3.05) is 5.32 Å². The Morgan fingerprint density at radius 3 is 2.55 bits per heavy atom.